The van der Waals surface area contributed by atoms with E-state index in [1.54, 1.807) is 18.2 Å². The molecule has 1 aromatic rings. The molecule has 0 radical (unpaired) electrons. The molecule has 0 bridgehead atoms. The predicted molar refractivity (Wildman–Crippen MR) is 83.8 cm³/mol. The van der Waals surface area contributed by atoms with Gasteiger partial charge in [-0.1, -0.05) is 0 Å². The van der Waals surface area contributed by atoms with Crippen LogP contribution in [0.5, 0.6) is 11.5 Å². The first kappa shape index (κ1) is 18.8. The molecule has 0 aliphatic heterocycles. The fourth-order valence-electron chi connectivity index (χ4n) is 1.89. The highest BCUT2D eigenvalue weighted by Crippen LogP contribution is 2.27. The predicted octanol–water partition coefficient (Wildman–Crippen LogP) is 1.14. The summed E-state index contributed by atoms with van der Waals surface area (Å²) >= 11 is 0. The second-order valence-corrected chi connectivity index (χ2v) is 4.73. The molecule has 0 atom stereocenters. The van der Waals surface area contributed by atoms with Gasteiger partial charge in [0.25, 0.3) is 5.91 Å². The van der Waals surface area contributed by atoms with E-state index in [2.05, 4.69) is 10.1 Å². The third-order valence-electron chi connectivity index (χ3n) is 3.10. The standard InChI is InChI=1S/C16H23NO6/c1-21-13-7-6-12(11-14(13)23-10-9-18)16(20)17-8-4-3-5-15(19)22-2/h6-7,11,18H,3-5,8-10H2,1-2H3,(H,17,20). The van der Waals surface area contributed by atoms with Gasteiger partial charge in [-0.3, -0.25) is 9.59 Å². The van der Waals surface area contributed by atoms with Crippen molar-refractivity contribution >= 4 is 11.9 Å². The summed E-state index contributed by atoms with van der Waals surface area (Å²) in [5.41, 5.74) is 0.437. The molecule has 128 valence electrons. The minimum absolute atomic E-state index is 0.120. The van der Waals surface area contributed by atoms with E-state index >= 15 is 0 Å². The number of hydrogen-bond donors (Lipinski definition) is 2. The smallest absolute Gasteiger partial charge is 0.305 e. The zero-order chi connectivity index (χ0) is 17.1. The van der Waals surface area contributed by atoms with Crippen LogP contribution in [0.15, 0.2) is 18.2 Å². The summed E-state index contributed by atoms with van der Waals surface area (Å²) in [6.07, 6.45) is 1.68. The summed E-state index contributed by atoms with van der Waals surface area (Å²) in [7, 11) is 2.85. The number of rotatable bonds is 10. The molecular formula is C16H23NO6. The van der Waals surface area contributed by atoms with Crippen molar-refractivity contribution in [2.45, 2.75) is 19.3 Å². The van der Waals surface area contributed by atoms with Gasteiger partial charge in [0.1, 0.15) is 6.61 Å². The molecule has 0 saturated heterocycles. The number of esters is 1. The Bertz CT molecular complexity index is 517. The van der Waals surface area contributed by atoms with Crippen LogP contribution in [-0.4, -0.2) is 51.0 Å². The largest absolute Gasteiger partial charge is 0.493 e. The Kier molecular flexibility index (Phi) is 8.52. The van der Waals surface area contributed by atoms with Crippen molar-refractivity contribution in [1.82, 2.24) is 5.32 Å². The Balaban J connectivity index is 2.50. The van der Waals surface area contributed by atoms with Gasteiger partial charge in [-0.25, -0.2) is 0 Å². The van der Waals surface area contributed by atoms with Crippen molar-refractivity contribution in [2.75, 3.05) is 34.0 Å². The van der Waals surface area contributed by atoms with Gasteiger partial charge in [0.05, 0.1) is 20.8 Å². The highest BCUT2D eigenvalue weighted by Gasteiger charge is 2.11. The topological polar surface area (TPSA) is 94.1 Å². The van der Waals surface area contributed by atoms with Gasteiger partial charge in [-0.2, -0.15) is 0 Å². The van der Waals surface area contributed by atoms with E-state index in [4.69, 9.17) is 14.6 Å². The molecule has 0 saturated carbocycles. The summed E-state index contributed by atoms with van der Waals surface area (Å²) < 4.78 is 15.0. The Hall–Kier alpha value is -2.28. The van der Waals surface area contributed by atoms with E-state index in [9.17, 15) is 9.59 Å². The van der Waals surface area contributed by atoms with Crippen LogP contribution < -0.4 is 14.8 Å². The lowest BCUT2D eigenvalue weighted by Crippen LogP contribution is -2.24. The summed E-state index contributed by atoms with van der Waals surface area (Å²) in [6.45, 7) is 0.462. The zero-order valence-corrected chi connectivity index (χ0v) is 13.5. The first-order valence-corrected chi connectivity index (χ1v) is 7.39. The van der Waals surface area contributed by atoms with E-state index in [-0.39, 0.29) is 25.1 Å². The number of nitrogens with one attached hydrogen (secondary N) is 1. The molecule has 1 rings (SSSR count). The van der Waals surface area contributed by atoms with Crippen LogP contribution >= 0.6 is 0 Å². The Labute approximate surface area is 135 Å². The number of methoxy groups -OCH3 is 2. The molecule has 0 spiro atoms. The third-order valence-corrected chi connectivity index (χ3v) is 3.10. The van der Waals surface area contributed by atoms with E-state index in [1.165, 1.54) is 14.2 Å². The van der Waals surface area contributed by atoms with Gasteiger partial charge in [0.2, 0.25) is 0 Å². The molecule has 0 heterocycles. The summed E-state index contributed by atoms with van der Waals surface area (Å²) in [5.74, 6) is 0.407. The van der Waals surface area contributed by atoms with E-state index in [0.29, 0.717) is 42.9 Å². The van der Waals surface area contributed by atoms with Gasteiger partial charge in [-0.15, -0.1) is 0 Å². The quantitative estimate of drug-likeness (QED) is 0.495. The maximum atomic E-state index is 12.1. The SMILES string of the molecule is COC(=O)CCCCNC(=O)c1ccc(OC)c(OCCO)c1. The number of amides is 1. The molecule has 0 fully saturated rings. The van der Waals surface area contributed by atoms with Crippen LogP contribution in [0.25, 0.3) is 0 Å². The van der Waals surface area contributed by atoms with Gasteiger partial charge >= 0.3 is 5.97 Å². The van der Waals surface area contributed by atoms with Crippen molar-refractivity contribution in [3.63, 3.8) is 0 Å². The van der Waals surface area contributed by atoms with Gasteiger partial charge < -0.3 is 24.6 Å². The maximum Gasteiger partial charge on any atom is 0.305 e. The number of hydrogen-bond acceptors (Lipinski definition) is 6. The summed E-state index contributed by atoms with van der Waals surface area (Å²) in [6, 6.07) is 4.84. The maximum absolute atomic E-state index is 12.1. The molecule has 23 heavy (non-hydrogen) atoms. The fourth-order valence-corrected chi connectivity index (χ4v) is 1.89. The van der Waals surface area contributed by atoms with Crippen LogP contribution in [0.4, 0.5) is 0 Å². The average Bonchev–Trinajstić information content (AvgIpc) is 2.58. The van der Waals surface area contributed by atoms with E-state index in [1.807, 2.05) is 0 Å². The van der Waals surface area contributed by atoms with Crippen LogP contribution in [-0.2, 0) is 9.53 Å². The highest BCUT2D eigenvalue weighted by molar-refractivity contribution is 5.94. The molecule has 7 heteroatoms. The van der Waals surface area contributed by atoms with Gasteiger partial charge in [0, 0.05) is 18.5 Å². The number of unbranched alkanes of at least 4 members (excludes halogenated alkanes) is 1. The first-order valence-electron chi connectivity index (χ1n) is 7.39. The first-order chi connectivity index (χ1) is 11.1. The molecule has 0 aliphatic rings. The number of ether oxygens (including phenoxy) is 3. The molecule has 7 nitrogen and oxygen atoms in total. The molecule has 0 aliphatic carbocycles. The lowest BCUT2D eigenvalue weighted by molar-refractivity contribution is -0.140. The lowest BCUT2D eigenvalue weighted by Gasteiger charge is -2.11. The van der Waals surface area contributed by atoms with Crippen LogP contribution in [0.1, 0.15) is 29.6 Å². The van der Waals surface area contributed by atoms with Crippen LogP contribution in [0.3, 0.4) is 0 Å². The summed E-state index contributed by atoms with van der Waals surface area (Å²) in [4.78, 5) is 23.0. The highest BCUT2D eigenvalue weighted by atomic mass is 16.5. The molecule has 0 aromatic heterocycles. The monoisotopic (exact) mass is 325 g/mol. The number of aliphatic hydroxyl groups excluding tert-OH is 1. The van der Waals surface area contributed by atoms with Crippen LogP contribution in [0.2, 0.25) is 0 Å². The normalized spacial score (nSPS) is 10.0. The minimum Gasteiger partial charge on any atom is -0.493 e. The molecule has 1 aromatic carbocycles. The van der Waals surface area contributed by atoms with Crippen LogP contribution in [0, 0.1) is 0 Å². The number of carbonyl (C=O) groups is 2. The van der Waals surface area contributed by atoms with Crippen molar-refractivity contribution in [1.29, 1.82) is 0 Å². The zero-order valence-electron chi connectivity index (χ0n) is 13.5. The lowest BCUT2D eigenvalue weighted by atomic mass is 10.1. The fraction of sp³-hybridized carbons (Fsp3) is 0.500. The third kappa shape index (κ3) is 6.56. The number of benzene rings is 1. The van der Waals surface area contributed by atoms with Gasteiger partial charge in [0.15, 0.2) is 11.5 Å². The van der Waals surface area contributed by atoms with Crippen molar-refractivity contribution in [3.05, 3.63) is 23.8 Å². The second kappa shape index (κ2) is 10.4. The number of carbonyl (C=O) groups excluding carboxylic acids is 2. The van der Waals surface area contributed by atoms with Gasteiger partial charge in [-0.05, 0) is 31.0 Å². The number of aliphatic hydroxyl groups is 1. The average molecular weight is 325 g/mol. The second-order valence-electron chi connectivity index (χ2n) is 4.73. The Morgan fingerprint density at radius 3 is 2.61 bits per heavy atom. The minimum atomic E-state index is -0.253. The van der Waals surface area contributed by atoms with Crippen molar-refractivity contribution in [3.8, 4) is 11.5 Å². The van der Waals surface area contributed by atoms with Crippen molar-refractivity contribution < 1.29 is 28.9 Å². The summed E-state index contributed by atoms with van der Waals surface area (Å²) in [5, 5.41) is 11.6. The molecular weight excluding hydrogens is 302 g/mol. The molecule has 0 unspecified atom stereocenters. The van der Waals surface area contributed by atoms with E-state index < -0.39 is 0 Å². The van der Waals surface area contributed by atoms with Crippen molar-refractivity contribution in [2.24, 2.45) is 0 Å². The molecule has 2 N–H and O–H groups in total. The Morgan fingerprint density at radius 1 is 1.17 bits per heavy atom. The molecule has 1 amide bonds. The van der Waals surface area contributed by atoms with E-state index in [0.717, 1.165) is 0 Å². The Morgan fingerprint density at radius 2 is 1.96 bits per heavy atom.